The number of amides is 1. The van der Waals surface area contributed by atoms with Crippen molar-refractivity contribution in [1.82, 2.24) is 5.32 Å². The second-order valence-electron chi connectivity index (χ2n) is 6.09. The van der Waals surface area contributed by atoms with Crippen LogP contribution >= 0.6 is 11.6 Å². The van der Waals surface area contributed by atoms with E-state index in [2.05, 4.69) is 5.32 Å². The molecule has 2 aromatic rings. The highest BCUT2D eigenvalue weighted by molar-refractivity contribution is 6.30. The summed E-state index contributed by atoms with van der Waals surface area (Å²) in [7, 11) is 0. The van der Waals surface area contributed by atoms with Crippen molar-refractivity contribution in [2.45, 2.75) is 25.1 Å². The Kier molecular flexibility index (Phi) is 5.88. The molecular weight excluding hydrogens is 356 g/mol. The normalized spacial score (nSPS) is 19.2. The lowest BCUT2D eigenvalue weighted by atomic mass is 10.2. The number of carbonyl (C=O) groups is 2. The van der Waals surface area contributed by atoms with Crippen LogP contribution in [-0.4, -0.2) is 35.9 Å². The highest BCUT2D eigenvalue weighted by Gasteiger charge is 2.32. The Morgan fingerprint density at radius 3 is 2.46 bits per heavy atom. The standard InChI is InChI=1S/C19H19ClN2O4/c20-14-6-8-15(9-7-14)22(12-13-4-2-1-3-5-13)19(25)26-18(24)17-10-16(23)11-21-17/h1-9,16-17,21,23H,10-12H2. The minimum absolute atomic E-state index is 0.228. The first kappa shape index (κ1) is 18.4. The molecule has 2 aromatic carbocycles. The first-order chi connectivity index (χ1) is 12.5. The summed E-state index contributed by atoms with van der Waals surface area (Å²) in [5, 5.41) is 12.9. The zero-order valence-electron chi connectivity index (χ0n) is 14.0. The molecule has 3 rings (SSSR count). The van der Waals surface area contributed by atoms with Gasteiger partial charge in [0.25, 0.3) is 0 Å². The number of β-amino-alcohol motifs (C(OH)–C–C–N with tert-alkyl or cyclic N) is 1. The molecule has 26 heavy (non-hydrogen) atoms. The van der Waals surface area contributed by atoms with Gasteiger partial charge in [-0.05, 0) is 29.8 Å². The zero-order chi connectivity index (χ0) is 18.5. The van der Waals surface area contributed by atoms with Crippen LogP contribution in [0.3, 0.4) is 0 Å². The number of ether oxygens (including phenoxy) is 1. The molecule has 0 spiro atoms. The molecule has 0 aromatic heterocycles. The van der Waals surface area contributed by atoms with E-state index in [0.29, 0.717) is 17.3 Å². The largest absolute Gasteiger partial charge is 0.422 e. The summed E-state index contributed by atoms with van der Waals surface area (Å²) >= 11 is 5.92. The van der Waals surface area contributed by atoms with Crippen molar-refractivity contribution in [3.63, 3.8) is 0 Å². The van der Waals surface area contributed by atoms with Gasteiger partial charge in [-0.1, -0.05) is 41.9 Å². The van der Waals surface area contributed by atoms with Crippen molar-refractivity contribution in [2.75, 3.05) is 11.4 Å². The molecule has 0 bridgehead atoms. The minimum Gasteiger partial charge on any atom is -0.392 e. The van der Waals surface area contributed by atoms with Gasteiger partial charge < -0.3 is 15.2 Å². The van der Waals surface area contributed by atoms with Gasteiger partial charge in [-0.15, -0.1) is 0 Å². The van der Waals surface area contributed by atoms with Gasteiger partial charge in [0.2, 0.25) is 0 Å². The van der Waals surface area contributed by atoms with Crippen LogP contribution in [0.4, 0.5) is 10.5 Å². The molecule has 0 saturated carbocycles. The monoisotopic (exact) mass is 374 g/mol. The summed E-state index contributed by atoms with van der Waals surface area (Å²) in [6.07, 6.45) is -1.16. The molecule has 1 amide bonds. The van der Waals surface area contributed by atoms with Crippen molar-refractivity contribution in [3.8, 4) is 0 Å². The molecule has 1 aliphatic rings. The van der Waals surface area contributed by atoms with Crippen LogP contribution < -0.4 is 10.2 Å². The summed E-state index contributed by atoms with van der Waals surface area (Å²) in [5.41, 5.74) is 1.46. The molecule has 0 radical (unpaired) electrons. The second-order valence-corrected chi connectivity index (χ2v) is 6.52. The third-order valence-corrected chi connectivity index (χ3v) is 4.37. The average molecular weight is 375 g/mol. The molecule has 2 atom stereocenters. The Balaban J connectivity index is 1.76. The topological polar surface area (TPSA) is 78.9 Å². The molecule has 7 heteroatoms. The minimum atomic E-state index is -0.774. The lowest BCUT2D eigenvalue weighted by Crippen LogP contribution is -2.39. The van der Waals surface area contributed by atoms with E-state index in [1.54, 1.807) is 24.3 Å². The Morgan fingerprint density at radius 2 is 1.85 bits per heavy atom. The number of rotatable bonds is 4. The number of carbonyl (C=O) groups excluding carboxylic acids is 2. The SMILES string of the molecule is O=C(OC(=O)N(Cc1ccccc1)c1ccc(Cl)cc1)C1CC(O)CN1. The van der Waals surface area contributed by atoms with Crippen molar-refractivity contribution >= 4 is 29.4 Å². The third-order valence-electron chi connectivity index (χ3n) is 4.12. The van der Waals surface area contributed by atoms with Crippen molar-refractivity contribution in [2.24, 2.45) is 0 Å². The number of hydrogen-bond donors (Lipinski definition) is 2. The number of nitrogens with zero attached hydrogens (tertiary/aromatic N) is 1. The van der Waals surface area contributed by atoms with Crippen molar-refractivity contribution in [1.29, 1.82) is 0 Å². The molecule has 2 unspecified atom stereocenters. The number of nitrogens with one attached hydrogen (secondary N) is 1. The summed E-state index contributed by atoms with van der Waals surface area (Å²) < 4.78 is 5.04. The first-order valence-electron chi connectivity index (χ1n) is 8.27. The van der Waals surface area contributed by atoms with Crippen LogP contribution in [0.15, 0.2) is 54.6 Å². The predicted molar refractivity (Wildman–Crippen MR) is 98.0 cm³/mol. The summed E-state index contributed by atoms with van der Waals surface area (Å²) in [5.74, 6) is -0.696. The van der Waals surface area contributed by atoms with E-state index in [1.165, 1.54) is 4.90 Å². The molecule has 1 fully saturated rings. The van der Waals surface area contributed by atoms with Gasteiger partial charge >= 0.3 is 12.1 Å². The van der Waals surface area contributed by atoms with E-state index >= 15 is 0 Å². The molecule has 1 heterocycles. The maximum atomic E-state index is 12.6. The van der Waals surface area contributed by atoms with Gasteiger partial charge in [0.05, 0.1) is 12.6 Å². The Labute approximate surface area is 156 Å². The van der Waals surface area contributed by atoms with Crippen LogP contribution in [-0.2, 0) is 16.1 Å². The van der Waals surface area contributed by atoms with Crippen molar-refractivity contribution in [3.05, 3.63) is 65.2 Å². The number of esters is 1. The van der Waals surface area contributed by atoms with Gasteiger partial charge in [0.15, 0.2) is 0 Å². The highest BCUT2D eigenvalue weighted by atomic mass is 35.5. The van der Waals surface area contributed by atoms with E-state index in [9.17, 15) is 14.7 Å². The van der Waals surface area contributed by atoms with E-state index in [1.807, 2.05) is 30.3 Å². The smallest absolute Gasteiger partial charge is 0.392 e. The van der Waals surface area contributed by atoms with Gasteiger partial charge in [-0.2, -0.15) is 0 Å². The Hall–Kier alpha value is -2.41. The molecule has 1 saturated heterocycles. The fraction of sp³-hybridized carbons (Fsp3) is 0.263. The van der Waals surface area contributed by atoms with Gasteiger partial charge in [0.1, 0.15) is 6.04 Å². The second kappa shape index (κ2) is 8.31. The Bertz CT molecular complexity index is 767. The van der Waals surface area contributed by atoms with E-state index in [0.717, 1.165) is 5.56 Å². The number of halogens is 1. The summed E-state index contributed by atoms with van der Waals surface area (Å²) in [4.78, 5) is 26.2. The molecule has 6 nitrogen and oxygen atoms in total. The summed E-state index contributed by atoms with van der Waals surface area (Å²) in [6.45, 7) is 0.550. The van der Waals surface area contributed by atoms with Crippen LogP contribution in [0, 0.1) is 0 Å². The van der Waals surface area contributed by atoms with Gasteiger partial charge in [-0.25, -0.2) is 9.59 Å². The van der Waals surface area contributed by atoms with E-state index in [-0.39, 0.29) is 13.0 Å². The van der Waals surface area contributed by atoms with Crippen LogP contribution in [0.1, 0.15) is 12.0 Å². The van der Waals surface area contributed by atoms with E-state index in [4.69, 9.17) is 16.3 Å². The maximum Gasteiger partial charge on any atom is 0.422 e. The zero-order valence-corrected chi connectivity index (χ0v) is 14.7. The quantitative estimate of drug-likeness (QED) is 0.635. The average Bonchev–Trinajstić information content (AvgIpc) is 3.08. The maximum absolute atomic E-state index is 12.6. The summed E-state index contributed by atoms with van der Waals surface area (Å²) in [6, 6.07) is 15.4. The van der Waals surface area contributed by atoms with Crippen LogP contribution in [0.2, 0.25) is 5.02 Å². The van der Waals surface area contributed by atoms with Crippen LogP contribution in [0.5, 0.6) is 0 Å². The fourth-order valence-corrected chi connectivity index (χ4v) is 2.88. The first-order valence-corrected chi connectivity index (χ1v) is 8.65. The molecule has 1 aliphatic heterocycles. The lowest BCUT2D eigenvalue weighted by molar-refractivity contribution is -0.139. The molecule has 2 N–H and O–H groups in total. The van der Waals surface area contributed by atoms with Crippen LogP contribution in [0.25, 0.3) is 0 Å². The highest BCUT2D eigenvalue weighted by Crippen LogP contribution is 2.21. The number of anilines is 1. The number of benzene rings is 2. The Morgan fingerprint density at radius 1 is 1.15 bits per heavy atom. The number of aliphatic hydroxyl groups excluding tert-OH is 1. The van der Waals surface area contributed by atoms with Gasteiger partial charge in [-0.3, -0.25) is 4.90 Å². The molecule has 0 aliphatic carbocycles. The molecular formula is C19H19ClN2O4. The lowest BCUT2D eigenvalue weighted by Gasteiger charge is -2.22. The number of hydrogen-bond acceptors (Lipinski definition) is 5. The predicted octanol–water partition coefficient (Wildman–Crippen LogP) is 2.73. The number of aliphatic hydroxyl groups is 1. The fourth-order valence-electron chi connectivity index (χ4n) is 2.76. The third kappa shape index (κ3) is 4.60. The van der Waals surface area contributed by atoms with Crippen molar-refractivity contribution < 1.29 is 19.4 Å². The van der Waals surface area contributed by atoms with Gasteiger partial charge in [0, 0.05) is 23.7 Å². The molecule has 136 valence electrons. The van der Waals surface area contributed by atoms with E-state index < -0.39 is 24.2 Å².